The lowest BCUT2D eigenvalue weighted by atomic mass is 9.77. The van der Waals surface area contributed by atoms with E-state index in [0.717, 1.165) is 37.0 Å². The van der Waals surface area contributed by atoms with Crippen LogP contribution in [0.25, 0.3) is 0 Å². The number of hydrogen-bond acceptors (Lipinski definition) is 3. The minimum atomic E-state index is -0.640. The Morgan fingerprint density at radius 3 is 2.47 bits per heavy atom. The van der Waals surface area contributed by atoms with E-state index in [1.165, 1.54) is 0 Å². The smallest absolute Gasteiger partial charge is 0.247 e. The van der Waals surface area contributed by atoms with Crippen molar-refractivity contribution in [2.45, 2.75) is 43.6 Å². The molecule has 166 valence electrons. The lowest BCUT2D eigenvalue weighted by molar-refractivity contribution is -0.141. The molecule has 5 nitrogen and oxygen atoms in total. The van der Waals surface area contributed by atoms with E-state index < -0.39 is 11.5 Å². The van der Waals surface area contributed by atoms with Gasteiger partial charge in [-0.2, -0.15) is 0 Å². The number of nitrogens with one attached hydrogen (secondary N) is 1. The van der Waals surface area contributed by atoms with E-state index in [2.05, 4.69) is 11.2 Å². The number of rotatable bonds is 5. The van der Waals surface area contributed by atoms with Crippen LogP contribution in [0.4, 0.5) is 5.69 Å². The highest BCUT2D eigenvalue weighted by Crippen LogP contribution is 2.44. The van der Waals surface area contributed by atoms with Gasteiger partial charge in [-0.05, 0) is 49.1 Å². The van der Waals surface area contributed by atoms with Crippen molar-refractivity contribution in [3.63, 3.8) is 0 Å². The number of anilines is 1. The monoisotopic (exact) mass is 450 g/mol. The van der Waals surface area contributed by atoms with Gasteiger partial charge in [0.2, 0.25) is 11.8 Å². The highest BCUT2D eigenvalue weighted by Gasteiger charge is 2.50. The fourth-order valence-corrected chi connectivity index (χ4v) is 5.18. The Bertz CT molecular complexity index is 1040. The molecule has 32 heavy (non-hydrogen) atoms. The predicted octanol–water partition coefficient (Wildman–Crippen LogP) is 4.65. The summed E-state index contributed by atoms with van der Waals surface area (Å²) in [7, 11) is 1.62. The summed E-state index contributed by atoms with van der Waals surface area (Å²) in [6.45, 7) is 0.383. The molecular formula is C26H27ClN2O3. The summed E-state index contributed by atoms with van der Waals surface area (Å²) in [6, 6.07) is 14.2. The summed E-state index contributed by atoms with van der Waals surface area (Å²) in [4.78, 5) is 29.0. The zero-order valence-corrected chi connectivity index (χ0v) is 18.9. The van der Waals surface area contributed by atoms with Gasteiger partial charge in [-0.3, -0.25) is 9.59 Å². The number of nitrogens with zero attached hydrogens (tertiary/aromatic N) is 1. The molecule has 2 aliphatic rings. The molecule has 2 aromatic rings. The van der Waals surface area contributed by atoms with Gasteiger partial charge in [-0.1, -0.05) is 48.7 Å². The van der Waals surface area contributed by atoms with Gasteiger partial charge in [0.05, 0.1) is 23.2 Å². The maximum atomic E-state index is 14.0. The van der Waals surface area contributed by atoms with Crippen molar-refractivity contribution in [3.05, 3.63) is 59.1 Å². The molecule has 2 aromatic carbocycles. The molecule has 1 aliphatic heterocycles. The van der Waals surface area contributed by atoms with Crippen LogP contribution in [-0.2, 0) is 15.0 Å². The second-order valence-corrected chi connectivity index (χ2v) is 8.97. The average molecular weight is 451 g/mol. The van der Waals surface area contributed by atoms with Gasteiger partial charge in [0, 0.05) is 12.5 Å². The SMILES string of the molecule is C#C[C@H]1C[C@H](C(=O)Nc2ccccc2Cl)N(C(=O)C2(c3ccc(OC)cc3)CCCC2)C1. The standard InChI is InChI=1S/C26H27ClN2O3/c1-3-18-16-23(24(30)28-22-9-5-4-8-21(22)27)29(17-18)25(31)26(14-6-7-15-26)19-10-12-20(32-2)13-11-19/h1,4-5,8-13,18,23H,6-7,14-17H2,2H3,(H,28,30)/t18-,23+/m0/s1. The van der Waals surface area contributed by atoms with E-state index in [1.54, 1.807) is 36.3 Å². The van der Waals surface area contributed by atoms with Crippen molar-refractivity contribution < 1.29 is 14.3 Å². The molecule has 6 heteroatoms. The van der Waals surface area contributed by atoms with E-state index in [9.17, 15) is 9.59 Å². The Morgan fingerprint density at radius 2 is 1.84 bits per heavy atom. The molecule has 4 rings (SSSR count). The fraction of sp³-hybridized carbons (Fsp3) is 0.385. The number of benzene rings is 2. The molecule has 1 saturated carbocycles. The van der Waals surface area contributed by atoms with E-state index >= 15 is 0 Å². The normalized spacial score (nSPS) is 21.7. The molecule has 2 atom stereocenters. The van der Waals surface area contributed by atoms with Gasteiger partial charge in [0.25, 0.3) is 0 Å². The Morgan fingerprint density at radius 1 is 1.16 bits per heavy atom. The molecule has 1 aliphatic carbocycles. The van der Waals surface area contributed by atoms with Crippen LogP contribution in [0, 0.1) is 18.3 Å². The van der Waals surface area contributed by atoms with Crippen molar-refractivity contribution in [2.24, 2.45) is 5.92 Å². The summed E-state index contributed by atoms with van der Waals surface area (Å²) < 4.78 is 5.29. The number of methoxy groups -OCH3 is 1. The molecule has 0 radical (unpaired) electrons. The van der Waals surface area contributed by atoms with Crippen molar-refractivity contribution >= 4 is 29.1 Å². The van der Waals surface area contributed by atoms with E-state index in [0.29, 0.717) is 23.7 Å². The quantitative estimate of drug-likeness (QED) is 0.674. The molecule has 2 amide bonds. The van der Waals surface area contributed by atoms with Gasteiger partial charge in [0.1, 0.15) is 11.8 Å². The summed E-state index contributed by atoms with van der Waals surface area (Å²) in [5.41, 5.74) is 0.857. The van der Waals surface area contributed by atoms with Crippen LogP contribution in [-0.4, -0.2) is 36.4 Å². The first-order valence-corrected chi connectivity index (χ1v) is 11.3. The first-order valence-electron chi connectivity index (χ1n) is 11.0. The number of terminal acetylenes is 1. The summed E-state index contributed by atoms with van der Waals surface area (Å²) in [5, 5.41) is 3.34. The van der Waals surface area contributed by atoms with Crippen LogP contribution in [0.1, 0.15) is 37.7 Å². The predicted molar refractivity (Wildman–Crippen MR) is 126 cm³/mol. The van der Waals surface area contributed by atoms with Gasteiger partial charge >= 0.3 is 0 Å². The lowest BCUT2D eigenvalue weighted by Crippen LogP contribution is -2.51. The largest absolute Gasteiger partial charge is 0.497 e. The van der Waals surface area contributed by atoms with E-state index in [4.69, 9.17) is 22.8 Å². The molecule has 1 N–H and O–H groups in total. The number of halogens is 1. The summed E-state index contributed by atoms with van der Waals surface area (Å²) >= 11 is 6.22. The second kappa shape index (κ2) is 9.26. The van der Waals surface area contributed by atoms with Crippen LogP contribution < -0.4 is 10.1 Å². The molecular weight excluding hydrogens is 424 g/mol. The number of amides is 2. The van der Waals surface area contributed by atoms with Gasteiger partial charge in [-0.15, -0.1) is 12.3 Å². The molecule has 0 unspecified atom stereocenters. The topological polar surface area (TPSA) is 58.6 Å². The Kier molecular flexibility index (Phi) is 6.43. The third kappa shape index (κ3) is 4.08. The van der Waals surface area contributed by atoms with Crippen molar-refractivity contribution in [3.8, 4) is 18.1 Å². The average Bonchev–Trinajstić information content (AvgIpc) is 3.48. The van der Waals surface area contributed by atoms with Crippen LogP contribution in [0.15, 0.2) is 48.5 Å². The fourth-order valence-electron chi connectivity index (χ4n) is 5.00. The van der Waals surface area contributed by atoms with Crippen LogP contribution >= 0.6 is 11.6 Å². The van der Waals surface area contributed by atoms with Gasteiger partial charge in [-0.25, -0.2) is 0 Å². The van der Waals surface area contributed by atoms with Gasteiger partial charge < -0.3 is 15.0 Å². The summed E-state index contributed by atoms with van der Waals surface area (Å²) in [5.74, 6) is 3.07. The highest BCUT2D eigenvalue weighted by atomic mass is 35.5. The van der Waals surface area contributed by atoms with Crippen molar-refractivity contribution in [1.82, 2.24) is 4.90 Å². The molecule has 1 saturated heterocycles. The zero-order valence-electron chi connectivity index (χ0n) is 18.1. The Hall–Kier alpha value is -2.97. The number of ether oxygens (including phenoxy) is 1. The second-order valence-electron chi connectivity index (χ2n) is 8.56. The molecule has 0 bridgehead atoms. The Labute approximate surface area is 194 Å². The molecule has 1 heterocycles. The van der Waals surface area contributed by atoms with Crippen LogP contribution in [0.5, 0.6) is 5.75 Å². The number of likely N-dealkylation sites (tertiary alicyclic amines) is 1. The number of carbonyl (C=O) groups excluding carboxylic acids is 2. The van der Waals surface area contributed by atoms with Crippen molar-refractivity contribution in [2.75, 3.05) is 19.0 Å². The third-order valence-corrected chi connectivity index (χ3v) is 7.07. The molecule has 2 fully saturated rings. The number of carbonyl (C=O) groups is 2. The van der Waals surface area contributed by atoms with E-state index in [1.807, 2.05) is 24.3 Å². The number of hydrogen-bond donors (Lipinski definition) is 1. The zero-order chi connectivity index (χ0) is 22.7. The maximum absolute atomic E-state index is 14.0. The van der Waals surface area contributed by atoms with Gasteiger partial charge in [0.15, 0.2) is 0 Å². The maximum Gasteiger partial charge on any atom is 0.247 e. The lowest BCUT2D eigenvalue weighted by Gasteiger charge is -2.35. The first-order chi connectivity index (χ1) is 15.5. The third-order valence-electron chi connectivity index (χ3n) is 6.74. The van der Waals surface area contributed by atoms with E-state index in [-0.39, 0.29) is 17.7 Å². The molecule has 0 aromatic heterocycles. The Balaban J connectivity index is 1.63. The van der Waals surface area contributed by atoms with Crippen molar-refractivity contribution in [1.29, 1.82) is 0 Å². The van der Waals surface area contributed by atoms with Crippen LogP contribution in [0.3, 0.4) is 0 Å². The minimum Gasteiger partial charge on any atom is -0.497 e. The first kappa shape index (κ1) is 22.2. The number of para-hydroxylation sites is 1. The van der Waals surface area contributed by atoms with Crippen LogP contribution in [0.2, 0.25) is 5.02 Å². The summed E-state index contributed by atoms with van der Waals surface area (Å²) in [6.07, 6.45) is 9.61. The minimum absolute atomic E-state index is 0.0165. The highest BCUT2D eigenvalue weighted by molar-refractivity contribution is 6.33. The molecule has 0 spiro atoms.